The fraction of sp³-hybridized carbons (Fsp3) is 0.833. The fourth-order valence-electron chi connectivity index (χ4n) is 0.564. The Morgan fingerprint density at radius 1 is 1.64 bits per heavy atom. The van der Waals surface area contributed by atoms with Crippen molar-refractivity contribution in [3.8, 4) is 6.07 Å². The van der Waals surface area contributed by atoms with Crippen molar-refractivity contribution in [2.75, 3.05) is 13.7 Å². The van der Waals surface area contributed by atoms with Crippen LogP contribution in [0.15, 0.2) is 0 Å². The van der Waals surface area contributed by atoms with Gasteiger partial charge in [0.1, 0.15) is 6.07 Å². The van der Waals surface area contributed by atoms with Crippen LogP contribution in [0.3, 0.4) is 0 Å². The van der Waals surface area contributed by atoms with Crippen LogP contribution in [0.25, 0.3) is 0 Å². The molecule has 0 fully saturated rings. The van der Waals surface area contributed by atoms with Gasteiger partial charge in [-0.1, -0.05) is 23.2 Å². The molecule has 0 aromatic heterocycles. The molecule has 2 nitrogen and oxygen atoms in total. The smallest absolute Gasteiger partial charge is 0.204 e. The van der Waals surface area contributed by atoms with Crippen LogP contribution in [-0.2, 0) is 4.74 Å². The van der Waals surface area contributed by atoms with Gasteiger partial charge in [0.05, 0.1) is 12.0 Å². The molecule has 0 N–H and O–H groups in total. The number of rotatable bonds is 4. The molecule has 0 aliphatic rings. The number of nitrogens with zero attached hydrogens (tertiary/aromatic N) is 1. The van der Waals surface area contributed by atoms with Crippen LogP contribution in [0.5, 0.6) is 0 Å². The molecule has 0 saturated carbocycles. The van der Waals surface area contributed by atoms with Crippen LogP contribution in [-0.4, -0.2) is 23.4 Å². The molecule has 5 heteroatoms. The van der Waals surface area contributed by atoms with Crippen molar-refractivity contribution in [3.63, 3.8) is 0 Å². The summed E-state index contributed by atoms with van der Waals surface area (Å²) in [6.45, 7) is 0.338. The SMILES string of the molecule is COCC(Cl)CC(Cl)(Cl)C#N. The van der Waals surface area contributed by atoms with Crippen LogP contribution in [0, 0.1) is 11.3 Å². The molecular weight excluding hydrogens is 208 g/mol. The third-order valence-electron chi connectivity index (χ3n) is 0.989. The highest BCUT2D eigenvalue weighted by molar-refractivity contribution is 6.50. The average Bonchev–Trinajstić information content (AvgIpc) is 1.87. The summed E-state index contributed by atoms with van der Waals surface area (Å²) in [7, 11) is 1.52. The van der Waals surface area contributed by atoms with E-state index in [0.29, 0.717) is 6.61 Å². The van der Waals surface area contributed by atoms with Gasteiger partial charge in [0.25, 0.3) is 0 Å². The van der Waals surface area contributed by atoms with E-state index >= 15 is 0 Å². The Morgan fingerprint density at radius 3 is 2.55 bits per heavy atom. The maximum atomic E-state index is 8.40. The lowest BCUT2D eigenvalue weighted by atomic mass is 10.2. The van der Waals surface area contributed by atoms with Gasteiger partial charge in [-0.15, -0.1) is 11.6 Å². The maximum absolute atomic E-state index is 8.40. The molecule has 64 valence electrons. The molecule has 11 heavy (non-hydrogen) atoms. The Hall–Kier alpha value is 0.320. The Labute approximate surface area is 81.0 Å². The summed E-state index contributed by atoms with van der Waals surface area (Å²) in [5.74, 6) is 0. The van der Waals surface area contributed by atoms with Crippen LogP contribution >= 0.6 is 34.8 Å². The monoisotopic (exact) mass is 215 g/mol. The third-order valence-corrected chi connectivity index (χ3v) is 1.75. The molecule has 0 aromatic rings. The predicted molar refractivity (Wildman–Crippen MR) is 46.2 cm³/mol. The zero-order valence-corrected chi connectivity index (χ0v) is 8.25. The first-order valence-electron chi connectivity index (χ1n) is 2.94. The number of alkyl halides is 3. The van der Waals surface area contributed by atoms with Gasteiger partial charge in [0.2, 0.25) is 4.33 Å². The summed E-state index contributed by atoms with van der Waals surface area (Å²) in [5, 5.41) is 8.07. The summed E-state index contributed by atoms with van der Waals surface area (Å²) < 4.78 is 3.34. The van der Waals surface area contributed by atoms with Crippen molar-refractivity contribution in [2.24, 2.45) is 0 Å². The molecule has 0 amide bonds. The second-order valence-electron chi connectivity index (χ2n) is 2.07. The van der Waals surface area contributed by atoms with E-state index in [0.717, 1.165) is 0 Å². The highest BCUT2D eigenvalue weighted by Gasteiger charge is 2.26. The molecular formula is C6H8Cl3NO. The molecule has 0 spiro atoms. The molecule has 0 aromatic carbocycles. The largest absolute Gasteiger partial charge is 0.383 e. The quantitative estimate of drug-likeness (QED) is 0.676. The third kappa shape index (κ3) is 5.57. The first-order valence-corrected chi connectivity index (χ1v) is 4.13. The second kappa shape index (κ2) is 5.05. The number of methoxy groups -OCH3 is 1. The molecule has 0 aliphatic heterocycles. The Morgan fingerprint density at radius 2 is 2.18 bits per heavy atom. The van der Waals surface area contributed by atoms with Gasteiger partial charge in [-0.25, -0.2) is 0 Å². The number of nitriles is 1. The summed E-state index contributed by atoms with van der Waals surface area (Å²) in [6.07, 6.45) is 0.196. The minimum atomic E-state index is -1.40. The van der Waals surface area contributed by atoms with Gasteiger partial charge >= 0.3 is 0 Å². The van der Waals surface area contributed by atoms with Gasteiger partial charge < -0.3 is 4.74 Å². The lowest BCUT2D eigenvalue weighted by Gasteiger charge is -2.13. The number of hydrogen-bond acceptors (Lipinski definition) is 2. The van der Waals surface area contributed by atoms with E-state index in [-0.39, 0.29) is 11.8 Å². The molecule has 0 bridgehead atoms. The summed E-state index contributed by atoms with van der Waals surface area (Å²) in [5.41, 5.74) is 0. The first kappa shape index (κ1) is 11.3. The van der Waals surface area contributed by atoms with E-state index in [9.17, 15) is 0 Å². The number of hydrogen-bond donors (Lipinski definition) is 0. The van der Waals surface area contributed by atoms with Crippen molar-refractivity contribution >= 4 is 34.8 Å². The maximum Gasteiger partial charge on any atom is 0.204 e. The lowest BCUT2D eigenvalue weighted by molar-refractivity contribution is 0.195. The normalized spacial score (nSPS) is 14.1. The van der Waals surface area contributed by atoms with Crippen molar-refractivity contribution in [1.82, 2.24) is 0 Å². The highest BCUT2D eigenvalue weighted by Crippen LogP contribution is 2.27. The van der Waals surface area contributed by atoms with Crippen molar-refractivity contribution < 1.29 is 4.74 Å². The van der Waals surface area contributed by atoms with E-state index in [1.54, 1.807) is 6.07 Å². The van der Waals surface area contributed by atoms with Gasteiger partial charge in [-0.3, -0.25) is 0 Å². The Kier molecular flexibility index (Phi) is 5.20. The zero-order valence-electron chi connectivity index (χ0n) is 5.98. The molecule has 0 heterocycles. The van der Waals surface area contributed by atoms with Gasteiger partial charge in [0, 0.05) is 13.5 Å². The minimum absolute atomic E-state index is 0.196. The van der Waals surface area contributed by atoms with Crippen LogP contribution in [0.1, 0.15) is 6.42 Å². The van der Waals surface area contributed by atoms with E-state index in [4.69, 9.17) is 44.8 Å². The van der Waals surface area contributed by atoms with E-state index in [2.05, 4.69) is 0 Å². The van der Waals surface area contributed by atoms with Crippen molar-refractivity contribution in [2.45, 2.75) is 16.1 Å². The lowest BCUT2D eigenvalue weighted by Crippen LogP contribution is -2.19. The van der Waals surface area contributed by atoms with E-state index < -0.39 is 4.33 Å². The van der Waals surface area contributed by atoms with Crippen LogP contribution < -0.4 is 0 Å². The van der Waals surface area contributed by atoms with Gasteiger partial charge in [-0.2, -0.15) is 5.26 Å². The standard InChI is InChI=1S/C6H8Cl3NO/c1-11-3-5(7)2-6(8,9)4-10/h5H,2-3H2,1H3. The molecule has 1 unspecified atom stereocenters. The average molecular weight is 216 g/mol. The Balaban J connectivity index is 3.76. The summed E-state index contributed by atoms with van der Waals surface area (Å²) >= 11 is 16.7. The topological polar surface area (TPSA) is 33.0 Å². The van der Waals surface area contributed by atoms with E-state index in [1.165, 1.54) is 7.11 Å². The van der Waals surface area contributed by atoms with Crippen LogP contribution in [0.4, 0.5) is 0 Å². The van der Waals surface area contributed by atoms with Gasteiger partial charge in [-0.05, 0) is 0 Å². The first-order chi connectivity index (χ1) is 5.02. The summed E-state index contributed by atoms with van der Waals surface area (Å²) in [6, 6.07) is 1.72. The molecule has 1 atom stereocenters. The molecule has 0 radical (unpaired) electrons. The van der Waals surface area contributed by atoms with Crippen LogP contribution in [0.2, 0.25) is 0 Å². The van der Waals surface area contributed by atoms with Crippen molar-refractivity contribution in [3.05, 3.63) is 0 Å². The van der Waals surface area contributed by atoms with Gasteiger partial charge in [0.15, 0.2) is 0 Å². The minimum Gasteiger partial charge on any atom is -0.383 e. The van der Waals surface area contributed by atoms with E-state index in [1.807, 2.05) is 0 Å². The van der Waals surface area contributed by atoms with Crippen molar-refractivity contribution in [1.29, 1.82) is 5.26 Å². The summed E-state index contributed by atoms with van der Waals surface area (Å²) in [4.78, 5) is 0. The highest BCUT2D eigenvalue weighted by atomic mass is 35.5. The fourth-order valence-corrected chi connectivity index (χ4v) is 1.45. The molecule has 0 aliphatic carbocycles. The zero-order chi connectivity index (χ0) is 8.91. The Bertz CT molecular complexity index is 154. The number of halogens is 3. The predicted octanol–water partition coefficient (Wildman–Crippen LogP) is 2.33. The second-order valence-corrected chi connectivity index (χ2v) is 4.17. The molecule has 0 saturated heterocycles. The molecule has 0 rings (SSSR count). The number of ether oxygens (including phenoxy) is 1.